The highest BCUT2D eigenvalue weighted by atomic mass is 32.2. The van der Waals surface area contributed by atoms with Crippen molar-refractivity contribution in [2.24, 2.45) is 11.1 Å². The van der Waals surface area contributed by atoms with Gasteiger partial charge in [-0.15, -0.1) is 0 Å². The van der Waals surface area contributed by atoms with Crippen LogP contribution >= 0.6 is 0 Å². The molecule has 0 bridgehead atoms. The molecule has 0 saturated heterocycles. The minimum Gasteiger partial charge on any atom is -0.480 e. The Kier molecular flexibility index (Phi) is 5.77. The van der Waals surface area contributed by atoms with Gasteiger partial charge in [0.15, 0.2) is 0 Å². The fourth-order valence-corrected chi connectivity index (χ4v) is 1.52. The fraction of sp³-hybridized carbons (Fsp3) is 0.875. The summed E-state index contributed by atoms with van der Waals surface area (Å²) in [7, 11) is -3.53. The number of nitrogens with two attached hydrogens (primary N) is 1. The van der Waals surface area contributed by atoms with Crippen LogP contribution in [-0.2, 0) is 14.8 Å². The second-order valence-electron chi connectivity index (χ2n) is 3.84. The normalized spacial score (nSPS) is 14.1. The van der Waals surface area contributed by atoms with Crippen molar-refractivity contribution in [3.8, 4) is 0 Å². The van der Waals surface area contributed by atoms with Crippen molar-refractivity contribution in [3.63, 3.8) is 0 Å². The van der Waals surface area contributed by atoms with Crippen LogP contribution in [0.1, 0.15) is 20.3 Å². The highest BCUT2D eigenvalue weighted by Crippen LogP contribution is 2.04. The predicted molar refractivity (Wildman–Crippen MR) is 56.9 cm³/mol. The summed E-state index contributed by atoms with van der Waals surface area (Å²) in [5.74, 6) is -0.999. The van der Waals surface area contributed by atoms with E-state index in [1.165, 1.54) is 0 Å². The molecule has 0 radical (unpaired) electrons. The molecule has 1 unspecified atom stereocenters. The maximum Gasteiger partial charge on any atom is 0.320 e. The molecule has 0 spiro atoms. The van der Waals surface area contributed by atoms with Crippen molar-refractivity contribution >= 4 is 16.0 Å². The van der Waals surface area contributed by atoms with Crippen LogP contribution in [-0.4, -0.2) is 37.8 Å². The van der Waals surface area contributed by atoms with E-state index in [4.69, 9.17) is 10.2 Å². The Morgan fingerprint density at radius 2 is 2.00 bits per heavy atom. The zero-order valence-electron chi connectivity index (χ0n) is 8.93. The molecule has 0 aliphatic heterocycles. The van der Waals surface area contributed by atoms with E-state index in [1.54, 1.807) is 0 Å². The van der Waals surface area contributed by atoms with Gasteiger partial charge < -0.3 is 10.4 Å². The zero-order valence-corrected chi connectivity index (χ0v) is 9.75. The summed E-state index contributed by atoms with van der Waals surface area (Å²) in [5.41, 5.74) is 0. The van der Waals surface area contributed by atoms with Gasteiger partial charge in [0.1, 0.15) is 6.04 Å². The molecule has 0 aromatic carbocycles. The summed E-state index contributed by atoms with van der Waals surface area (Å²) in [6.45, 7) is 3.86. The number of carboxylic acids is 1. The number of rotatable bonds is 7. The minimum absolute atomic E-state index is 0.0581. The van der Waals surface area contributed by atoms with E-state index in [-0.39, 0.29) is 18.2 Å². The molecule has 6 nitrogen and oxygen atoms in total. The van der Waals surface area contributed by atoms with E-state index >= 15 is 0 Å². The zero-order chi connectivity index (χ0) is 12.1. The number of carbonyl (C=O) groups is 1. The van der Waals surface area contributed by atoms with Crippen molar-refractivity contribution in [1.82, 2.24) is 5.32 Å². The lowest BCUT2D eigenvalue weighted by Gasteiger charge is -2.15. The van der Waals surface area contributed by atoms with Crippen molar-refractivity contribution < 1.29 is 18.3 Å². The summed E-state index contributed by atoms with van der Waals surface area (Å²) in [6.07, 6.45) is 0.458. The average Bonchev–Trinajstić information content (AvgIpc) is 1.99. The van der Waals surface area contributed by atoms with Gasteiger partial charge in [-0.3, -0.25) is 4.79 Å². The van der Waals surface area contributed by atoms with E-state index in [2.05, 4.69) is 5.32 Å². The second kappa shape index (κ2) is 6.04. The average molecular weight is 238 g/mol. The molecule has 0 aromatic rings. The molecule has 15 heavy (non-hydrogen) atoms. The number of hydrogen-bond acceptors (Lipinski definition) is 4. The van der Waals surface area contributed by atoms with Gasteiger partial charge in [0, 0.05) is 6.54 Å². The Balaban J connectivity index is 4.03. The molecule has 0 aliphatic rings. The largest absolute Gasteiger partial charge is 0.480 e. The standard InChI is InChI=1S/C8H18N2O4S/c1-6(2)5-7(8(11)12)10-3-4-15(9,13)14/h6-7,10H,3-5H2,1-2H3,(H,11,12)(H2,9,13,14). The van der Waals surface area contributed by atoms with Crippen LogP contribution in [0.2, 0.25) is 0 Å². The highest BCUT2D eigenvalue weighted by molar-refractivity contribution is 7.89. The van der Waals surface area contributed by atoms with Gasteiger partial charge in [-0.25, -0.2) is 13.6 Å². The quantitative estimate of drug-likeness (QED) is 0.546. The molecule has 7 heteroatoms. The fourth-order valence-electron chi connectivity index (χ4n) is 1.12. The van der Waals surface area contributed by atoms with Crippen LogP contribution in [0.4, 0.5) is 0 Å². The molecular formula is C8H18N2O4S. The summed E-state index contributed by atoms with van der Waals surface area (Å²) in [4.78, 5) is 10.7. The Morgan fingerprint density at radius 3 is 2.33 bits per heavy atom. The highest BCUT2D eigenvalue weighted by Gasteiger charge is 2.18. The molecule has 4 N–H and O–H groups in total. The number of aliphatic carboxylic acids is 1. The van der Waals surface area contributed by atoms with Gasteiger partial charge in [-0.1, -0.05) is 13.8 Å². The number of hydrogen-bond donors (Lipinski definition) is 3. The van der Waals surface area contributed by atoms with Crippen molar-refractivity contribution in [2.45, 2.75) is 26.3 Å². The lowest BCUT2D eigenvalue weighted by atomic mass is 10.0. The first-order chi connectivity index (χ1) is 6.72. The second-order valence-corrected chi connectivity index (χ2v) is 5.58. The summed E-state index contributed by atoms with van der Waals surface area (Å²) in [5, 5.41) is 16.2. The van der Waals surface area contributed by atoms with Crippen LogP contribution in [0.5, 0.6) is 0 Å². The lowest BCUT2D eigenvalue weighted by molar-refractivity contribution is -0.139. The van der Waals surface area contributed by atoms with Gasteiger partial charge >= 0.3 is 5.97 Å². The van der Waals surface area contributed by atoms with Crippen LogP contribution in [0.15, 0.2) is 0 Å². The number of sulfonamides is 1. The molecule has 0 saturated carbocycles. The number of primary sulfonamides is 1. The molecule has 0 heterocycles. The first-order valence-electron chi connectivity index (χ1n) is 4.69. The molecule has 1 atom stereocenters. The van der Waals surface area contributed by atoms with Crippen molar-refractivity contribution in [3.05, 3.63) is 0 Å². The monoisotopic (exact) mass is 238 g/mol. The van der Waals surface area contributed by atoms with Gasteiger partial charge in [0.2, 0.25) is 10.0 Å². The van der Waals surface area contributed by atoms with Gasteiger partial charge in [0.25, 0.3) is 0 Å². The van der Waals surface area contributed by atoms with Gasteiger partial charge in [-0.2, -0.15) is 0 Å². The van der Waals surface area contributed by atoms with Crippen LogP contribution < -0.4 is 10.5 Å². The van der Waals surface area contributed by atoms with E-state index in [1.807, 2.05) is 13.8 Å². The van der Waals surface area contributed by atoms with Gasteiger partial charge in [0.05, 0.1) is 5.75 Å². The third kappa shape index (κ3) is 8.34. The van der Waals surface area contributed by atoms with E-state index in [0.717, 1.165) is 0 Å². The first kappa shape index (κ1) is 14.3. The molecule has 0 amide bonds. The smallest absolute Gasteiger partial charge is 0.320 e. The Morgan fingerprint density at radius 1 is 1.47 bits per heavy atom. The van der Waals surface area contributed by atoms with Crippen LogP contribution in [0, 0.1) is 5.92 Å². The topological polar surface area (TPSA) is 109 Å². The Bertz CT molecular complexity index is 300. The van der Waals surface area contributed by atoms with Crippen LogP contribution in [0.3, 0.4) is 0 Å². The first-order valence-corrected chi connectivity index (χ1v) is 6.40. The maximum absolute atomic E-state index is 10.7. The van der Waals surface area contributed by atoms with Crippen molar-refractivity contribution in [1.29, 1.82) is 0 Å². The van der Waals surface area contributed by atoms with Gasteiger partial charge in [-0.05, 0) is 12.3 Å². The summed E-state index contributed by atoms with van der Waals surface area (Å²) in [6, 6.07) is -0.716. The molecule has 0 rings (SSSR count). The Labute approximate surface area is 89.9 Å². The minimum atomic E-state index is -3.53. The molecule has 90 valence electrons. The molecule has 0 aliphatic carbocycles. The van der Waals surface area contributed by atoms with E-state index in [0.29, 0.717) is 6.42 Å². The number of carboxylic acid groups (broad SMARTS) is 1. The summed E-state index contributed by atoms with van der Waals surface area (Å²) < 4.78 is 21.2. The summed E-state index contributed by atoms with van der Waals surface area (Å²) >= 11 is 0. The third-order valence-corrected chi connectivity index (χ3v) is 2.56. The third-order valence-electron chi connectivity index (χ3n) is 1.78. The van der Waals surface area contributed by atoms with Crippen molar-refractivity contribution in [2.75, 3.05) is 12.3 Å². The SMILES string of the molecule is CC(C)CC(NCCS(N)(=O)=O)C(=O)O. The predicted octanol–water partition coefficient (Wildman–Crippen LogP) is -0.636. The van der Waals surface area contributed by atoms with Crippen LogP contribution in [0.25, 0.3) is 0 Å². The Hall–Kier alpha value is -0.660. The van der Waals surface area contributed by atoms with E-state index < -0.39 is 22.0 Å². The molecule has 0 aromatic heterocycles. The lowest BCUT2D eigenvalue weighted by Crippen LogP contribution is -2.40. The molecular weight excluding hydrogens is 220 g/mol. The maximum atomic E-state index is 10.7. The molecule has 0 fully saturated rings. The number of nitrogens with one attached hydrogen (secondary N) is 1. The van der Waals surface area contributed by atoms with E-state index in [9.17, 15) is 13.2 Å².